The lowest BCUT2D eigenvalue weighted by Crippen LogP contribution is -2.28. The fourth-order valence-electron chi connectivity index (χ4n) is 1.81. The zero-order chi connectivity index (χ0) is 13.5. The Hall–Kier alpha value is -1.60. The molecule has 4 heteroatoms. The highest BCUT2D eigenvalue weighted by atomic mass is 19.1. The molecule has 0 N–H and O–H groups in total. The minimum absolute atomic E-state index is 0.0568. The van der Waals surface area contributed by atoms with Crippen LogP contribution in [0.1, 0.15) is 19.4 Å². The predicted molar refractivity (Wildman–Crippen MR) is 68.7 cm³/mol. The predicted octanol–water partition coefficient (Wildman–Crippen LogP) is 2.82. The summed E-state index contributed by atoms with van der Waals surface area (Å²) in [5.74, 6) is -0.112. The van der Waals surface area contributed by atoms with Gasteiger partial charge in [-0.1, -0.05) is 19.1 Å². The summed E-state index contributed by atoms with van der Waals surface area (Å²) in [6, 6.07) is 7.32. The van der Waals surface area contributed by atoms with Crippen molar-refractivity contribution in [2.45, 2.75) is 20.4 Å². The molecule has 1 aromatic rings. The van der Waals surface area contributed by atoms with Crippen molar-refractivity contribution in [3.05, 3.63) is 29.6 Å². The van der Waals surface area contributed by atoms with Crippen molar-refractivity contribution < 1.29 is 9.13 Å². The van der Waals surface area contributed by atoms with Crippen LogP contribution in [0.4, 0.5) is 4.39 Å². The molecule has 1 atom stereocenters. The van der Waals surface area contributed by atoms with E-state index in [0.29, 0.717) is 18.7 Å². The lowest BCUT2D eigenvalue weighted by molar-refractivity contribution is 0.255. The summed E-state index contributed by atoms with van der Waals surface area (Å²) in [6.45, 7) is 5.78. The van der Waals surface area contributed by atoms with E-state index in [2.05, 4.69) is 6.07 Å². The van der Waals surface area contributed by atoms with E-state index in [4.69, 9.17) is 10.00 Å². The molecule has 18 heavy (non-hydrogen) atoms. The van der Waals surface area contributed by atoms with E-state index < -0.39 is 0 Å². The molecule has 0 aromatic heterocycles. The molecule has 0 bridgehead atoms. The van der Waals surface area contributed by atoms with Gasteiger partial charge in [0.05, 0.1) is 19.1 Å². The highest BCUT2D eigenvalue weighted by Crippen LogP contribution is 2.21. The molecule has 0 amide bonds. The normalized spacial score (nSPS) is 12.2. The summed E-state index contributed by atoms with van der Waals surface area (Å²) in [7, 11) is 1.46. The van der Waals surface area contributed by atoms with E-state index in [-0.39, 0.29) is 17.5 Å². The molecule has 3 nitrogen and oxygen atoms in total. The molecular weight excluding hydrogens is 231 g/mol. The van der Waals surface area contributed by atoms with Gasteiger partial charge < -0.3 is 4.74 Å². The van der Waals surface area contributed by atoms with Gasteiger partial charge in [-0.15, -0.1) is 0 Å². The fourth-order valence-corrected chi connectivity index (χ4v) is 1.81. The molecule has 0 radical (unpaired) electrons. The van der Waals surface area contributed by atoms with Crippen molar-refractivity contribution in [3.8, 4) is 11.8 Å². The summed E-state index contributed by atoms with van der Waals surface area (Å²) >= 11 is 0. The second-order valence-corrected chi connectivity index (χ2v) is 4.29. The van der Waals surface area contributed by atoms with Gasteiger partial charge in [-0.25, -0.2) is 4.39 Å². The molecular formula is C14H19FN2O. The van der Waals surface area contributed by atoms with Crippen LogP contribution in [0.15, 0.2) is 18.2 Å². The van der Waals surface area contributed by atoms with E-state index >= 15 is 0 Å². The number of benzene rings is 1. The van der Waals surface area contributed by atoms with Crippen LogP contribution in [0.3, 0.4) is 0 Å². The Morgan fingerprint density at radius 3 is 2.78 bits per heavy atom. The molecule has 98 valence electrons. The number of nitriles is 1. The number of ether oxygens (including phenoxy) is 1. The van der Waals surface area contributed by atoms with E-state index in [1.54, 1.807) is 18.2 Å². The van der Waals surface area contributed by atoms with Crippen LogP contribution in [0.5, 0.6) is 5.75 Å². The van der Waals surface area contributed by atoms with Gasteiger partial charge in [0.25, 0.3) is 0 Å². The molecule has 0 aliphatic heterocycles. The third kappa shape index (κ3) is 3.71. The molecule has 1 aromatic carbocycles. The molecule has 1 rings (SSSR count). The lowest BCUT2D eigenvalue weighted by atomic mass is 10.1. The van der Waals surface area contributed by atoms with E-state index in [9.17, 15) is 4.39 Å². The van der Waals surface area contributed by atoms with Gasteiger partial charge >= 0.3 is 0 Å². The third-order valence-corrected chi connectivity index (χ3v) is 2.86. The highest BCUT2D eigenvalue weighted by molar-refractivity contribution is 5.30. The smallest absolute Gasteiger partial charge is 0.169 e. The zero-order valence-corrected chi connectivity index (χ0v) is 11.1. The van der Waals surface area contributed by atoms with Crippen molar-refractivity contribution >= 4 is 0 Å². The number of hydrogen-bond acceptors (Lipinski definition) is 3. The van der Waals surface area contributed by atoms with E-state index in [1.807, 2.05) is 18.7 Å². The zero-order valence-electron chi connectivity index (χ0n) is 11.1. The molecule has 0 aliphatic rings. The molecule has 1 unspecified atom stereocenters. The summed E-state index contributed by atoms with van der Waals surface area (Å²) in [6.07, 6.45) is 0. The van der Waals surface area contributed by atoms with Crippen LogP contribution in [0, 0.1) is 23.1 Å². The van der Waals surface area contributed by atoms with Crippen LogP contribution in [-0.4, -0.2) is 25.1 Å². The third-order valence-electron chi connectivity index (χ3n) is 2.86. The summed E-state index contributed by atoms with van der Waals surface area (Å²) in [5.41, 5.74) is 0.598. The highest BCUT2D eigenvalue weighted by Gasteiger charge is 2.13. The van der Waals surface area contributed by atoms with Gasteiger partial charge in [0.2, 0.25) is 0 Å². The van der Waals surface area contributed by atoms with Crippen LogP contribution in [0.2, 0.25) is 0 Å². The number of rotatable bonds is 6. The topological polar surface area (TPSA) is 36.3 Å². The maximum absolute atomic E-state index is 14.0. The summed E-state index contributed by atoms with van der Waals surface area (Å²) in [5, 5.41) is 8.81. The average Bonchev–Trinajstić information content (AvgIpc) is 2.39. The number of nitrogens with zero attached hydrogens (tertiary/aromatic N) is 2. The SMILES string of the molecule is CCN(Cc1cccc(OC)c1F)CC(C)C#N. The van der Waals surface area contributed by atoms with Gasteiger partial charge in [0.15, 0.2) is 11.6 Å². The number of methoxy groups -OCH3 is 1. The molecule has 0 heterocycles. The van der Waals surface area contributed by atoms with Gasteiger partial charge in [-0.2, -0.15) is 5.26 Å². The fraction of sp³-hybridized carbons (Fsp3) is 0.500. The van der Waals surface area contributed by atoms with E-state index in [0.717, 1.165) is 6.54 Å². The number of hydrogen-bond donors (Lipinski definition) is 0. The van der Waals surface area contributed by atoms with Crippen LogP contribution < -0.4 is 4.74 Å². The first-order valence-corrected chi connectivity index (χ1v) is 6.05. The van der Waals surface area contributed by atoms with Crippen LogP contribution >= 0.6 is 0 Å². The Labute approximate surface area is 108 Å². The van der Waals surface area contributed by atoms with Crippen molar-refractivity contribution in [1.29, 1.82) is 5.26 Å². The average molecular weight is 250 g/mol. The quantitative estimate of drug-likeness (QED) is 0.779. The van der Waals surface area contributed by atoms with Crippen molar-refractivity contribution in [2.75, 3.05) is 20.2 Å². The first kappa shape index (κ1) is 14.5. The second-order valence-electron chi connectivity index (χ2n) is 4.29. The second kappa shape index (κ2) is 6.97. The van der Waals surface area contributed by atoms with Crippen LogP contribution in [-0.2, 0) is 6.54 Å². The minimum Gasteiger partial charge on any atom is -0.494 e. The molecule has 0 spiro atoms. The maximum atomic E-state index is 14.0. The largest absolute Gasteiger partial charge is 0.494 e. The molecule has 0 saturated heterocycles. The van der Waals surface area contributed by atoms with Crippen molar-refractivity contribution in [3.63, 3.8) is 0 Å². The van der Waals surface area contributed by atoms with Gasteiger partial charge in [0, 0.05) is 18.7 Å². The van der Waals surface area contributed by atoms with Gasteiger partial charge in [0.1, 0.15) is 0 Å². The Balaban J connectivity index is 2.79. The minimum atomic E-state index is -0.317. The molecule has 0 saturated carbocycles. The molecule has 0 fully saturated rings. The van der Waals surface area contributed by atoms with Crippen molar-refractivity contribution in [1.82, 2.24) is 4.90 Å². The summed E-state index contributed by atoms with van der Waals surface area (Å²) in [4.78, 5) is 2.05. The first-order chi connectivity index (χ1) is 8.62. The van der Waals surface area contributed by atoms with Gasteiger partial charge in [-0.05, 0) is 19.5 Å². The van der Waals surface area contributed by atoms with Crippen molar-refractivity contribution in [2.24, 2.45) is 5.92 Å². The Kier molecular flexibility index (Phi) is 5.60. The first-order valence-electron chi connectivity index (χ1n) is 6.05. The monoisotopic (exact) mass is 250 g/mol. The maximum Gasteiger partial charge on any atom is 0.169 e. The van der Waals surface area contributed by atoms with E-state index in [1.165, 1.54) is 7.11 Å². The lowest BCUT2D eigenvalue weighted by Gasteiger charge is -2.22. The Bertz CT molecular complexity index is 428. The molecule has 0 aliphatic carbocycles. The Morgan fingerprint density at radius 2 is 2.22 bits per heavy atom. The standard InChI is InChI=1S/C14H19FN2O/c1-4-17(9-11(2)8-16)10-12-6-5-7-13(18-3)14(12)15/h5-7,11H,4,9-10H2,1-3H3. The van der Waals surface area contributed by atoms with Gasteiger partial charge in [-0.3, -0.25) is 4.90 Å². The van der Waals surface area contributed by atoms with Crippen LogP contribution in [0.25, 0.3) is 0 Å². The number of halogens is 1. The summed E-state index contributed by atoms with van der Waals surface area (Å²) < 4.78 is 18.9. The Morgan fingerprint density at radius 1 is 1.50 bits per heavy atom.